The van der Waals surface area contributed by atoms with Crippen LogP contribution in [0.4, 0.5) is 5.69 Å². The highest BCUT2D eigenvalue weighted by Crippen LogP contribution is 2.30. The van der Waals surface area contributed by atoms with Crippen molar-refractivity contribution < 1.29 is 18.3 Å². The van der Waals surface area contributed by atoms with Gasteiger partial charge in [0.2, 0.25) is 10.0 Å². The predicted molar refractivity (Wildman–Crippen MR) is 134 cm³/mol. The first-order chi connectivity index (χ1) is 15.7. The van der Waals surface area contributed by atoms with Gasteiger partial charge in [0.1, 0.15) is 12.4 Å². The third kappa shape index (κ3) is 5.90. The van der Waals surface area contributed by atoms with Crippen molar-refractivity contribution >= 4 is 60.7 Å². The number of aliphatic hydroxyl groups excluding tert-OH is 1. The van der Waals surface area contributed by atoms with E-state index in [1.54, 1.807) is 12.1 Å². The number of hydrogen-bond acceptors (Lipinski definition) is 5. The van der Waals surface area contributed by atoms with Gasteiger partial charge in [-0.15, -0.1) is 0 Å². The van der Waals surface area contributed by atoms with Gasteiger partial charge in [0, 0.05) is 40.5 Å². The monoisotopic (exact) mass is 507 g/mol. The summed E-state index contributed by atoms with van der Waals surface area (Å²) in [6, 6.07) is 16.4. The molecule has 0 saturated carbocycles. The second kappa shape index (κ2) is 9.79. The molecular formula is C23H23Cl2N3O4S. The molecule has 0 unspecified atom stereocenters. The second-order valence-corrected chi connectivity index (χ2v) is 10.3. The van der Waals surface area contributed by atoms with Gasteiger partial charge in [-0.3, -0.25) is 4.72 Å². The van der Waals surface area contributed by atoms with E-state index in [-0.39, 0.29) is 17.3 Å². The number of H-pyrrole nitrogens is 1. The van der Waals surface area contributed by atoms with Crippen molar-refractivity contribution in [1.82, 2.24) is 10.3 Å². The molecule has 10 heteroatoms. The zero-order valence-corrected chi connectivity index (χ0v) is 20.1. The van der Waals surface area contributed by atoms with E-state index in [0.29, 0.717) is 23.7 Å². The fourth-order valence-corrected chi connectivity index (χ4v) is 4.54. The molecule has 174 valence electrons. The zero-order valence-electron chi connectivity index (χ0n) is 17.7. The number of ether oxygens (including phenoxy) is 1. The quantitative estimate of drug-likeness (QED) is 0.246. The highest BCUT2D eigenvalue weighted by Gasteiger charge is 2.12. The van der Waals surface area contributed by atoms with Crippen LogP contribution in [0.2, 0.25) is 10.0 Å². The van der Waals surface area contributed by atoms with Crippen molar-refractivity contribution in [2.24, 2.45) is 0 Å². The van der Waals surface area contributed by atoms with Gasteiger partial charge in [0.15, 0.2) is 0 Å². The van der Waals surface area contributed by atoms with Crippen molar-refractivity contribution in [3.05, 3.63) is 70.2 Å². The number of aliphatic hydroxyl groups is 1. The molecule has 3 aromatic carbocycles. The zero-order chi connectivity index (χ0) is 23.6. The lowest BCUT2D eigenvalue weighted by atomic mass is 10.1. The minimum absolute atomic E-state index is 0.230. The van der Waals surface area contributed by atoms with Crippen LogP contribution < -0.4 is 14.8 Å². The van der Waals surface area contributed by atoms with Crippen LogP contribution in [0.3, 0.4) is 0 Å². The largest absolute Gasteiger partial charge is 0.492 e. The van der Waals surface area contributed by atoms with Crippen LogP contribution >= 0.6 is 23.2 Å². The number of aromatic amines is 1. The van der Waals surface area contributed by atoms with E-state index in [0.717, 1.165) is 33.8 Å². The smallest absolute Gasteiger partial charge is 0.229 e. The van der Waals surface area contributed by atoms with Crippen molar-refractivity contribution in [2.75, 3.05) is 30.7 Å². The molecule has 1 aromatic heterocycles. The number of nitrogens with one attached hydrogen (secondary N) is 3. The normalized spacial score (nSPS) is 12.8. The van der Waals surface area contributed by atoms with Gasteiger partial charge in [-0.05, 0) is 42.0 Å². The lowest BCUT2D eigenvalue weighted by Crippen LogP contribution is -2.26. The van der Waals surface area contributed by atoms with Crippen LogP contribution in [-0.2, 0) is 10.0 Å². The van der Waals surface area contributed by atoms with Crippen molar-refractivity contribution in [3.8, 4) is 5.75 Å². The number of aromatic nitrogens is 1. The van der Waals surface area contributed by atoms with Gasteiger partial charge in [-0.25, -0.2) is 8.42 Å². The molecule has 0 amide bonds. The Kier molecular flexibility index (Phi) is 7.02. The van der Waals surface area contributed by atoms with Gasteiger partial charge in [-0.2, -0.15) is 0 Å². The van der Waals surface area contributed by atoms with E-state index in [1.807, 2.05) is 36.4 Å². The number of rotatable bonds is 9. The molecule has 0 bridgehead atoms. The minimum Gasteiger partial charge on any atom is -0.492 e. The molecular weight excluding hydrogens is 485 g/mol. The summed E-state index contributed by atoms with van der Waals surface area (Å²) in [5, 5.41) is 16.7. The molecule has 4 N–H and O–H groups in total. The average molecular weight is 508 g/mol. The van der Waals surface area contributed by atoms with Crippen molar-refractivity contribution in [3.63, 3.8) is 0 Å². The van der Waals surface area contributed by atoms with Crippen molar-refractivity contribution in [1.29, 1.82) is 0 Å². The first-order valence-electron chi connectivity index (χ1n) is 10.2. The topological polar surface area (TPSA) is 103 Å². The second-order valence-electron chi connectivity index (χ2n) is 7.70. The van der Waals surface area contributed by atoms with Crippen LogP contribution in [-0.4, -0.2) is 44.5 Å². The first-order valence-corrected chi connectivity index (χ1v) is 12.8. The lowest BCUT2D eigenvalue weighted by Gasteiger charge is -2.15. The number of sulfonamides is 1. The SMILES string of the molecule is CS(=O)(=O)Nc1cc([C@@H](O)CNCCOc2ccc3c(c2)[nH]c2cc(Cl)ccc23)ccc1Cl. The van der Waals surface area contributed by atoms with E-state index in [4.69, 9.17) is 27.9 Å². The molecule has 0 spiro atoms. The summed E-state index contributed by atoms with van der Waals surface area (Å²) in [6.45, 7) is 1.19. The van der Waals surface area contributed by atoms with Gasteiger partial charge < -0.3 is 20.1 Å². The van der Waals surface area contributed by atoms with Gasteiger partial charge in [0.05, 0.1) is 28.6 Å². The maximum atomic E-state index is 11.5. The Morgan fingerprint density at radius 2 is 1.76 bits per heavy atom. The summed E-state index contributed by atoms with van der Waals surface area (Å²) >= 11 is 12.1. The van der Waals surface area contributed by atoms with Crippen LogP contribution in [0.5, 0.6) is 5.75 Å². The van der Waals surface area contributed by atoms with Gasteiger partial charge >= 0.3 is 0 Å². The van der Waals surface area contributed by atoms with Crippen LogP contribution in [0.25, 0.3) is 21.8 Å². The molecule has 0 fully saturated rings. The molecule has 1 atom stereocenters. The Balaban J connectivity index is 1.30. The van der Waals surface area contributed by atoms with E-state index < -0.39 is 16.1 Å². The molecule has 0 aliphatic rings. The highest BCUT2D eigenvalue weighted by molar-refractivity contribution is 7.92. The van der Waals surface area contributed by atoms with E-state index >= 15 is 0 Å². The fraction of sp³-hybridized carbons (Fsp3) is 0.217. The Morgan fingerprint density at radius 3 is 2.52 bits per heavy atom. The number of benzene rings is 3. The minimum atomic E-state index is -3.47. The summed E-state index contributed by atoms with van der Waals surface area (Å²) in [5.41, 5.74) is 2.72. The fourth-order valence-electron chi connectivity index (χ4n) is 3.58. The summed E-state index contributed by atoms with van der Waals surface area (Å²) in [6.07, 6.45) is 0.205. The summed E-state index contributed by atoms with van der Waals surface area (Å²) in [4.78, 5) is 3.35. The van der Waals surface area contributed by atoms with Crippen LogP contribution in [0, 0.1) is 0 Å². The number of fused-ring (bicyclic) bond motifs is 3. The molecule has 0 aliphatic heterocycles. The highest BCUT2D eigenvalue weighted by atomic mass is 35.5. The third-order valence-corrected chi connectivity index (χ3v) is 6.24. The maximum Gasteiger partial charge on any atom is 0.229 e. The van der Waals surface area contributed by atoms with E-state index in [9.17, 15) is 13.5 Å². The lowest BCUT2D eigenvalue weighted by molar-refractivity contribution is 0.172. The Bertz CT molecular complexity index is 1410. The number of hydrogen-bond donors (Lipinski definition) is 4. The first kappa shape index (κ1) is 23.7. The average Bonchev–Trinajstić information content (AvgIpc) is 3.10. The standard InChI is InChI=1S/C23H23Cl2N3O4S/c1-33(30,31)28-22-10-14(2-7-19(22)25)23(29)13-26-8-9-32-16-4-6-18-17-5-3-15(24)11-20(17)27-21(18)12-16/h2-7,10-12,23,26-29H,8-9,13H2,1H3/t23-/m0/s1. The van der Waals surface area contributed by atoms with E-state index in [2.05, 4.69) is 15.0 Å². The molecule has 0 aliphatic carbocycles. The molecule has 33 heavy (non-hydrogen) atoms. The Morgan fingerprint density at radius 1 is 1.03 bits per heavy atom. The van der Waals surface area contributed by atoms with Crippen LogP contribution in [0.15, 0.2) is 54.6 Å². The Hall–Kier alpha value is -2.49. The molecule has 0 saturated heterocycles. The summed E-state index contributed by atoms with van der Waals surface area (Å²) in [7, 11) is -3.47. The van der Waals surface area contributed by atoms with Gasteiger partial charge in [-0.1, -0.05) is 35.3 Å². The molecule has 4 rings (SSSR count). The Labute approximate surface area is 201 Å². The van der Waals surface area contributed by atoms with Crippen molar-refractivity contribution in [2.45, 2.75) is 6.10 Å². The number of anilines is 1. The maximum absolute atomic E-state index is 11.5. The molecule has 4 aromatic rings. The van der Waals surface area contributed by atoms with Gasteiger partial charge in [0.25, 0.3) is 0 Å². The predicted octanol–water partition coefficient (Wildman–Crippen LogP) is 4.70. The summed E-state index contributed by atoms with van der Waals surface area (Å²) in [5.74, 6) is 0.733. The molecule has 7 nitrogen and oxygen atoms in total. The molecule has 1 heterocycles. The third-order valence-electron chi connectivity index (χ3n) is 5.09. The van der Waals surface area contributed by atoms with Crippen LogP contribution in [0.1, 0.15) is 11.7 Å². The van der Waals surface area contributed by atoms with E-state index in [1.165, 1.54) is 6.07 Å². The number of halogens is 2. The molecule has 0 radical (unpaired) electrons. The summed E-state index contributed by atoms with van der Waals surface area (Å²) < 4.78 is 31.1.